The largest absolute Gasteiger partial charge is 0.367 e. The predicted octanol–water partition coefficient (Wildman–Crippen LogP) is 3.15. The van der Waals surface area contributed by atoms with Crippen LogP contribution in [0.15, 0.2) is 12.4 Å². The summed E-state index contributed by atoms with van der Waals surface area (Å²) < 4.78 is 8.50. The molecule has 8 fully saturated rings. The number of nitrogens with zero attached hydrogens (tertiary/aromatic N) is 7. The van der Waals surface area contributed by atoms with E-state index in [1.54, 1.807) is 0 Å². The van der Waals surface area contributed by atoms with E-state index in [4.69, 9.17) is 24.7 Å². The standard InChI is InChI=1S/C27H29N7O/c1-10-7-33(9-15(35-10)13-6-28-34(8-13)14-4-5-14)26-31-24(23-25(32-26)30-12(3)11(2)29-23)27-20-17-16-18(20)22(27)19(16)21(17)27/h6,8,10,14-22H,4-5,7,9H2,1-3H3/t10-,15-,16?,17?,18?,19?,20?,21?,22?,27?/m1/s1. The van der Waals surface area contributed by atoms with Crippen molar-refractivity contribution >= 4 is 17.1 Å². The minimum absolute atomic E-state index is 0.0248. The smallest absolute Gasteiger partial charge is 0.227 e. The molecule has 1 aliphatic heterocycles. The molecule has 0 N–H and O–H groups in total. The lowest BCUT2D eigenvalue weighted by atomic mass is 8.96. The van der Waals surface area contributed by atoms with Crippen molar-refractivity contribution in [3.8, 4) is 0 Å². The van der Waals surface area contributed by atoms with Gasteiger partial charge in [-0.25, -0.2) is 15.0 Å². The highest BCUT2D eigenvalue weighted by atomic mass is 16.5. The summed E-state index contributed by atoms with van der Waals surface area (Å²) in [6, 6.07) is 0.578. The number of morpholine rings is 1. The molecular weight excluding hydrogens is 438 g/mol. The Morgan fingerprint density at radius 2 is 1.66 bits per heavy atom. The molecule has 7 aliphatic carbocycles. The molecule has 8 heteroatoms. The van der Waals surface area contributed by atoms with Crippen LogP contribution in [0.2, 0.25) is 0 Å². The third-order valence-corrected chi connectivity index (χ3v) is 11.3. The van der Waals surface area contributed by atoms with Crippen LogP contribution >= 0.6 is 0 Å². The maximum absolute atomic E-state index is 6.39. The maximum atomic E-state index is 6.39. The van der Waals surface area contributed by atoms with Gasteiger partial charge in [-0.3, -0.25) is 4.68 Å². The average molecular weight is 468 g/mol. The van der Waals surface area contributed by atoms with Gasteiger partial charge in [-0.05, 0) is 75.0 Å². The van der Waals surface area contributed by atoms with Crippen LogP contribution in [-0.2, 0) is 10.2 Å². The van der Waals surface area contributed by atoms with Crippen LogP contribution in [0, 0.1) is 55.3 Å². The minimum atomic E-state index is -0.0248. The second-order valence-corrected chi connectivity index (χ2v) is 12.6. The molecule has 0 radical (unpaired) electrons. The van der Waals surface area contributed by atoms with Crippen LogP contribution in [-0.4, -0.2) is 48.9 Å². The van der Waals surface area contributed by atoms with E-state index in [2.05, 4.69) is 34.7 Å². The van der Waals surface area contributed by atoms with Gasteiger partial charge in [0.15, 0.2) is 5.65 Å². The van der Waals surface area contributed by atoms with Crippen molar-refractivity contribution in [1.29, 1.82) is 0 Å². The minimum Gasteiger partial charge on any atom is -0.367 e. The zero-order valence-electron chi connectivity index (χ0n) is 20.3. The summed E-state index contributed by atoms with van der Waals surface area (Å²) in [6.45, 7) is 7.78. The van der Waals surface area contributed by atoms with E-state index < -0.39 is 0 Å². The number of hydrogen-bond acceptors (Lipinski definition) is 7. The first-order valence-corrected chi connectivity index (χ1v) is 13.5. The molecule has 0 spiro atoms. The first-order valence-electron chi connectivity index (χ1n) is 13.5. The molecule has 0 bridgehead atoms. The highest BCUT2D eigenvalue weighted by Gasteiger charge is 3.05. The summed E-state index contributed by atoms with van der Waals surface area (Å²) in [5, 5.41) is 4.61. The number of ether oxygens (including phenoxy) is 1. The Kier molecular flexibility index (Phi) is 2.94. The number of anilines is 1. The van der Waals surface area contributed by atoms with Gasteiger partial charge in [-0.15, -0.1) is 0 Å². The fourth-order valence-electron chi connectivity index (χ4n) is 9.81. The molecule has 7 saturated carbocycles. The number of rotatable bonds is 4. The van der Waals surface area contributed by atoms with Gasteiger partial charge in [-0.1, -0.05) is 0 Å². The summed E-state index contributed by atoms with van der Waals surface area (Å²) in [4.78, 5) is 22.7. The molecular formula is C27H29N7O. The van der Waals surface area contributed by atoms with Crippen LogP contribution in [0.5, 0.6) is 0 Å². The van der Waals surface area contributed by atoms with Crippen molar-refractivity contribution in [2.75, 3.05) is 18.0 Å². The van der Waals surface area contributed by atoms with E-state index in [0.717, 1.165) is 88.6 Å². The SMILES string of the molecule is Cc1nc2nc(N3C[C@@H](C)O[C@@H](c4cnn(C5CC5)c4)C3)nc(C34C5C6C7C5C3C7C64)c2nc1C. The van der Waals surface area contributed by atoms with E-state index >= 15 is 0 Å². The van der Waals surface area contributed by atoms with E-state index in [1.807, 2.05) is 13.1 Å². The maximum Gasteiger partial charge on any atom is 0.227 e. The molecule has 1 saturated heterocycles. The van der Waals surface area contributed by atoms with E-state index in [-0.39, 0.29) is 12.2 Å². The first kappa shape index (κ1) is 18.6. The first-order chi connectivity index (χ1) is 17.1. The molecule has 3 aromatic heterocycles. The molecule has 3 aromatic rings. The van der Waals surface area contributed by atoms with Gasteiger partial charge < -0.3 is 9.64 Å². The Morgan fingerprint density at radius 1 is 0.914 bits per heavy atom. The van der Waals surface area contributed by atoms with E-state index in [9.17, 15) is 0 Å². The Balaban J connectivity index is 1.07. The lowest BCUT2D eigenvalue weighted by molar-refractivity contribution is -0.582. The lowest BCUT2D eigenvalue weighted by Crippen LogP contribution is -3.07. The summed E-state index contributed by atoms with van der Waals surface area (Å²) >= 11 is 0. The molecule has 4 heterocycles. The number of aryl methyl sites for hydroxylation is 2. The van der Waals surface area contributed by atoms with Crippen LogP contribution < -0.4 is 4.90 Å². The van der Waals surface area contributed by atoms with Crippen molar-refractivity contribution in [3.05, 3.63) is 35.0 Å². The van der Waals surface area contributed by atoms with Crippen LogP contribution in [0.4, 0.5) is 5.95 Å². The second kappa shape index (κ2) is 5.53. The summed E-state index contributed by atoms with van der Waals surface area (Å²) in [5.41, 5.74) is 6.39. The fourth-order valence-corrected chi connectivity index (χ4v) is 9.81. The number of fused-ring (bicyclic) bond motifs is 1. The van der Waals surface area contributed by atoms with Crippen molar-refractivity contribution in [1.82, 2.24) is 29.7 Å². The zero-order chi connectivity index (χ0) is 23.0. The highest BCUT2D eigenvalue weighted by Crippen LogP contribution is 3.05. The lowest BCUT2D eigenvalue weighted by Gasteiger charge is -3.07. The molecule has 2 atom stereocenters. The van der Waals surface area contributed by atoms with Crippen LogP contribution in [0.25, 0.3) is 11.2 Å². The quantitative estimate of drug-likeness (QED) is 0.583. The molecule has 11 rings (SSSR count). The summed E-state index contributed by atoms with van der Waals surface area (Å²) in [7, 11) is 0. The Bertz CT molecular complexity index is 1420. The van der Waals surface area contributed by atoms with Gasteiger partial charge in [0.25, 0.3) is 0 Å². The van der Waals surface area contributed by atoms with Gasteiger partial charge in [0.05, 0.1) is 42.0 Å². The molecule has 178 valence electrons. The topological polar surface area (TPSA) is 81.9 Å². The average Bonchev–Trinajstić information content (AvgIpc) is 3.60. The molecule has 35 heavy (non-hydrogen) atoms. The van der Waals surface area contributed by atoms with Gasteiger partial charge >= 0.3 is 0 Å². The monoisotopic (exact) mass is 467 g/mol. The molecule has 8 nitrogen and oxygen atoms in total. The highest BCUT2D eigenvalue weighted by molar-refractivity contribution is 5.79. The van der Waals surface area contributed by atoms with Gasteiger partial charge in [0.2, 0.25) is 5.95 Å². The van der Waals surface area contributed by atoms with E-state index in [0.29, 0.717) is 11.5 Å². The third kappa shape index (κ3) is 1.84. The van der Waals surface area contributed by atoms with Crippen LogP contribution in [0.3, 0.4) is 0 Å². The predicted molar refractivity (Wildman–Crippen MR) is 127 cm³/mol. The van der Waals surface area contributed by atoms with Crippen molar-refractivity contribution < 1.29 is 4.74 Å². The molecule has 0 amide bonds. The third-order valence-electron chi connectivity index (χ3n) is 11.3. The zero-order valence-corrected chi connectivity index (χ0v) is 20.3. The Morgan fingerprint density at radius 3 is 2.40 bits per heavy atom. The Hall–Kier alpha value is -2.61. The second-order valence-electron chi connectivity index (χ2n) is 12.6. The normalized spacial score (nSPS) is 45.2. The van der Waals surface area contributed by atoms with Crippen molar-refractivity contribution in [2.24, 2.45) is 41.4 Å². The molecule has 0 aromatic carbocycles. The molecule has 0 unspecified atom stereocenters. The van der Waals surface area contributed by atoms with Crippen LogP contribution in [0.1, 0.15) is 54.6 Å². The van der Waals surface area contributed by atoms with Gasteiger partial charge in [0, 0.05) is 23.7 Å². The summed E-state index contributed by atoms with van der Waals surface area (Å²) in [6.07, 6.45) is 6.70. The van der Waals surface area contributed by atoms with E-state index in [1.165, 1.54) is 18.5 Å². The fraction of sp³-hybridized carbons (Fsp3) is 0.667. The van der Waals surface area contributed by atoms with Gasteiger partial charge in [0.1, 0.15) is 11.6 Å². The Labute approximate surface area is 203 Å². The summed E-state index contributed by atoms with van der Waals surface area (Å²) in [5.74, 6) is 7.49. The van der Waals surface area contributed by atoms with Gasteiger partial charge in [-0.2, -0.15) is 10.1 Å². The van der Waals surface area contributed by atoms with Crippen molar-refractivity contribution in [2.45, 2.75) is 57.3 Å². The number of hydrogen-bond donors (Lipinski definition) is 0. The number of aromatic nitrogens is 6. The van der Waals surface area contributed by atoms with Crippen molar-refractivity contribution in [3.63, 3.8) is 0 Å². The molecule has 8 aliphatic rings.